The van der Waals surface area contributed by atoms with Gasteiger partial charge in [-0.2, -0.15) is 0 Å². The van der Waals surface area contributed by atoms with Crippen molar-refractivity contribution >= 4 is 5.91 Å². The highest BCUT2D eigenvalue weighted by atomic mass is 19.1. The standard InChI is InChI=1S/C20H23FN6O3/c1-29-14-12-27-19(22-23-24-27)18(15-5-2-3-6-16(15)21)25-8-10-26(11-9-25)20(28)17-7-4-13-30-17/h2-7,13,18H,8-12,14H2,1H3/p+1/t18-/m0/s1. The first-order chi connectivity index (χ1) is 14.7. The number of nitrogens with one attached hydrogen (secondary N) is 1. The number of ether oxygens (including phenoxy) is 1. The number of aromatic nitrogens is 4. The summed E-state index contributed by atoms with van der Waals surface area (Å²) < 4.78 is 26.8. The molecule has 10 heteroatoms. The molecule has 1 aliphatic heterocycles. The summed E-state index contributed by atoms with van der Waals surface area (Å²) in [6, 6.07) is 9.66. The van der Waals surface area contributed by atoms with Crippen LogP contribution in [0.5, 0.6) is 0 Å². The van der Waals surface area contributed by atoms with Crippen LogP contribution in [0, 0.1) is 5.82 Å². The number of rotatable bonds is 7. The maximum absolute atomic E-state index is 14.8. The molecular weight excluding hydrogens is 391 g/mol. The van der Waals surface area contributed by atoms with Crippen LogP contribution in [0.4, 0.5) is 4.39 Å². The summed E-state index contributed by atoms with van der Waals surface area (Å²) in [7, 11) is 1.61. The Labute approximate surface area is 173 Å². The number of carbonyl (C=O) groups is 1. The monoisotopic (exact) mass is 415 g/mol. The molecule has 9 nitrogen and oxygen atoms in total. The van der Waals surface area contributed by atoms with E-state index >= 15 is 0 Å². The van der Waals surface area contributed by atoms with Gasteiger partial charge < -0.3 is 19.0 Å². The van der Waals surface area contributed by atoms with Crippen LogP contribution in [0.3, 0.4) is 0 Å². The number of piperazine rings is 1. The highest BCUT2D eigenvalue weighted by Gasteiger charge is 2.37. The van der Waals surface area contributed by atoms with Crippen molar-refractivity contribution < 1.29 is 23.2 Å². The molecule has 0 saturated carbocycles. The lowest BCUT2D eigenvalue weighted by Gasteiger charge is -2.36. The third kappa shape index (κ3) is 4.10. The zero-order chi connectivity index (χ0) is 20.9. The van der Waals surface area contributed by atoms with E-state index in [1.807, 2.05) is 6.07 Å². The van der Waals surface area contributed by atoms with Crippen LogP contribution in [-0.4, -0.2) is 70.9 Å². The maximum Gasteiger partial charge on any atom is 0.289 e. The number of amides is 1. The molecule has 1 fully saturated rings. The molecule has 3 aromatic rings. The zero-order valence-corrected chi connectivity index (χ0v) is 16.7. The van der Waals surface area contributed by atoms with E-state index in [0.29, 0.717) is 56.5 Å². The van der Waals surface area contributed by atoms with E-state index in [1.54, 1.807) is 41.0 Å². The summed E-state index contributed by atoms with van der Waals surface area (Å²) >= 11 is 0. The Morgan fingerprint density at radius 3 is 2.77 bits per heavy atom. The Kier molecular flexibility index (Phi) is 6.15. The highest BCUT2D eigenvalue weighted by molar-refractivity contribution is 5.91. The van der Waals surface area contributed by atoms with Gasteiger partial charge in [-0.05, 0) is 34.7 Å². The quantitative estimate of drug-likeness (QED) is 0.592. The zero-order valence-electron chi connectivity index (χ0n) is 16.7. The molecule has 0 spiro atoms. The number of furan rings is 1. The Morgan fingerprint density at radius 2 is 2.07 bits per heavy atom. The molecule has 1 atom stereocenters. The fourth-order valence-corrected chi connectivity index (χ4v) is 3.85. The molecule has 1 aliphatic rings. The number of hydrogen-bond acceptors (Lipinski definition) is 6. The maximum atomic E-state index is 14.8. The smallest absolute Gasteiger partial charge is 0.289 e. The number of methoxy groups -OCH3 is 1. The van der Waals surface area contributed by atoms with Crippen molar-refractivity contribution in [3.05, 3.63) is 65.6 Å². The third-order valence-corrected chi connectivity index (χ3v) is 5.37. The van der Waals surface area contributed by atoms with E-state index < -0.39 is 0 Å². The third-order valence-electron chi connectivity index (χ3n) is 5.37. The molecule has 0 aliphatic carbocycles. The second-order valence-corrected chi connectivity index (χ2v) is 7.14. The number of halogens is 1. The van der Waals surface area contributed by atoms with Crippen molar-refractivity contribution in [2.75, 3.05) is 39.9 Å². The van der Waals surface area contributed by atoms with Gasteiger partial charge in [0.05, 0.1) is 51.2 Å². The molecule has 4 rings (SSSR count). The van der Waals surface area contributed by atoms with E-state index in [9.17, 15) is 9.18 Å². The molecule has 1 aromatic carbocycles. The largest absolute Gasteiger partial charge is 0.459 e. The number of quaternary nitrogens is 1. The summed E-state index contributed by atoms with van der Waals surface area (Å²) in [5, 5.41) is 12.1. The summed E-state index contributed by atoms with van der Waals surface area (Å²) in [6.07, 6.45) is 1.49. The number of benzene rings is 1. The van der Waals surface area contributed by atoms with Crippen molar-refractivity contribution in [1.29, 1.82) is 0 Å². The highest BCUT2D eigenvalue weighted by Crippen LogP contribution is 2.20. The fourth-order valence-electron chi connectivity index (χ4n) is 3.85. The lowest BCUT2D eigenvalue weighted by atomic mass is 10.0. The van der Waals surface area contributed by atoms with Gasteiger partial charge in [0, 0.05) is 7.11 Å². The molecule has 158 valence electrons. The molecule has 1 saturated heterocycles. The van der Waals surface area contributed by atoms with E-state index in [0.717, 1.165) is 4.90 Å². The van der Waals surface area contributed by atoms with Crippen molar-refractivity contribution in [1.82, 2.24) is 25.1 Å². The first kappa shape index (κ1) is 20.2. The number of hydrogen-bond donors (Lipinski definition) is 1. The average Bonchev–Trinajstić information content (AvgIpc) is 3.46. The van der Waals surface area contributed by atoms with Gasteiger partial charge >= 0.3 is 0 Å². The van der Waals surface area contributed by atoms with Crippen LogP contribution in [0.2, 0.25) is 0 Å². The average molecular weight is 415 g/mol. The SMILES string of the molecule is COCCn1nnnc1[C@H](c1ccccc1F)[NH+]1CCN(C(=O)c2ccco2)CC1. The Bertz CT molecular complexity index is 969. The van der Waals surface area contributed by atoms with Crippen LogP contribution < -0.4 is 4.90 Å². The number of nitrogens with zero attached hydrogens (tertiary/aromatic N) is 5. The topological polar surface area (TPSA) is 90.7 Å². The van der Waals surface area contributed by atoms with E-state index in [1.165, 1.54) is 12.3 Å². The lowest BCUT2D eigenvalue weighted by molar-refractivity contribution is -0.930. The predicted octanol–water partition coefficient (Wildman–Crippen LogP) is 0.182. The Hall–Kier alpha value is -3.11. The minimum absolute atomic E-state index is 0.133. The number of carbonyl (C=O) groups excluding carboxylic acids is 1. The molecule has 0 radical (unpaired) electrons. The van der Waals surface area contributed by atoms with E-state index in [-0.39, 0.29) is 17.8 Å². The van der Waals surface area contributed by atoms with E-state index in [2.05, 4.69) is 15.5 Å². The lowest BCUT2D eigenvalue weighted by Crippen LogP contribution is -3.15. The van der Waals surface area contributed by atoms with Gasteiger partial charge in [-0.3, -0.25) is 4.79 Å². The molecule has 1 N–H and O–H groups in total. The van der Waals surface area contributed by atoms with E-state index in [4.69, 9.17) is 9.15 Å². The van der Waals surface area contributed by atoms with Crippen LogP contribution in [0.15, 0.2) is 47.1 Å². The summed E-state index contributed by atoms with van der Waals surface area (Å²) in [5.41, 5.74) is 0.534. The van der Waals surface area contributed by atoms with Crippen LogP contribution in [0.1, 0.15) is 28.0 Å². The van der Waals surface area contributed by atoms with Crippen LogP contribution >= 0.6 is 0 Å². The second-order valence-electron chi connectivity index (χ2n) is 7.14. The number of tetrazole rings is 1. The first-order valence-electron chi connectivity index (χ1n) is 9.86. The van der Waals surface area contributed by atoms with Crippen LogP contribution in [0.25, 0.3) is 0 Å². The van der Waals surface area contributed by atoms with Crippen molar-refractivity contribution in [3.63, 3.8) is 0 Å². The minimum atomic E-state index is -0.390. The predicted molar refractivity (Wildman–Crippen MR) is 103 cm³/mol. The van der Waals surface area contributed by atoms with Gasteiger partial charge in [0.15, 0.2) is 11.8 Å². The van der Waals surface area contributed by atoms with Crippen LogP contribution in [-0.2, 0) is 11.3 Å². The van der Waals surface area contributed by atoms with Gasteiger partial charge in [0.2, 0.25) is 5.82 Å². The summed E-state index contributed by atoms with van der Waals surface area (Å²) in [6.45, 7) is 3.23. The van der Waals surface area contributed by atoms with Crippen molar-refractivity contribution in [3.8, 4) is 0 Å². The van der Waals surface area contributed by atoms with Gasteiger partial charge in [-0.25, -0.2) is 9.07 Å². The van der Waals surface area contributed by atoms with Crippen molar-refractivity contribution in [2.24, 2.45) is 0 Å². The normalized spacial score (nSPS) is 16.0. The summed E-state index contributed by atoms with van der Waals surface area (Å²) in [4.78, 5) is 15.4. The fraction of sp³-hybridized carbons (Fsp3) is 0.400. The van der Waals surface area contributed by atoms with Gasteiger partial charge in [-0.1, -0.05) is 12.1 Å². The van der Waals surface area contributed by atoms with Gasteiger partial charge in [0.25, 0.3) is 5.91 Å². The molecule has 2 aromatic heterocycles. The molecule has 30 heavy (non-hydrogen) atoms. The molecule has 0 bridgehead atoms. The summed E-state index contributed by atoms with van der Waals surface area (Å²) in [5.74, 6) is 0.474. The molecular formula is C20H24FN6O3+. The molecule has 3 heterocycles. The van der Waals surface area contributed by atoms with Gasteiger partial charge in [-0.15, -0.1) is 5.10 Å². The molecule has 1 amide bonds. The van der Waals surface area contributed by atoms with Gasteiger partial charge in [0.1, 0.15) is 5.82 Å². The Morgan fingerprint density at radius 1 is 1.27 bits per heavy atom. The Balaban J connectivity index is 1.58. The minimum Gasteiger partial charge on any atom is -0.459 e. The first-order valence-corrected chi connectivity index (χ1v) is 9.86. The molecule has 0 unspecified atom stereocenters. The van der Waals surface area contributed by atoms with Crippen molar-refractivity contribution in [2.45, 2.75) is 12.6 Å². The second kappa shape index (κ2) is 9.14.